The van der Waals surface area contributed by atoms with Gasteiger partial charge in [0.1, 0.15) is 0 Å². The van der Waals surface area contributed by atoms with E-state index in [-0.39, 0.29) is 10.1 Å². The van der Waals surface area contributed by atoms with E-state index in [0.717, 1.165) is 25.7 Å². The maximum atomic E-state index is 12.3. The van der Waals surface area contributed by atoms with E-state index in [0.29, 0.717) is 5.69 Å². The molecule has 0 saturated heterocycles. The Labute approximate surface area is 100 Å². The molecule has 0 aromatic heterocycles. The second kappa shape index (κ2) is 4.77. The fourth-order valence-corrected chi connectivity index (χ4v) is 4.06. The summed E-state index contributed by atoms with van der Waals surface area (Å²) in [4.78, 5) is 2.92. The number of benzene rings is 1. The summed E-state index contributed by atoms with van der Waals surface area (Å²) in [6.45, 7) is 0. The Morgan fingerprint density at radius 1 is 1.29 bits per heavy atom. The van der Waals surface area contributed by atoms with Crippen molar-refractivity contribution in [2.45, 2.75) is 35.8 Å². The molecule has 0 aliphatic heterocycles. The Bertz CT molecular complexity index is 556. The second-order valence-electron chi connectivity index (χ2n) is 4.14. The highest BCUT2D eigenvalue weighted by Gasteiger charge is 2.30. The number of hydrogen-bond donors (Lipinski definition) is 0. The topological polar surface area (TPSA) is 82.9 Å². The van der Waals surface area contributed by atoms with Crippen LogP contribution in [0.5, 0.6) is 0 Å². The molecular formula is C11H13N3O2S. The molecule has 5 nitrogen and oxygen atoms in total. The maximum Gasteiger partial charge on any atom is 0.181 e. The predicted octanol–water partition coefficient (Wildman–Crippen LogP) is 3.34. The van der Waals surface area contributed by atoms with Gasteiger partial charge in [0, 0.05) is 10.6 Å². The predicted molar refractivity (Wildman–Crippen MR) is 64.7 cm³/mol. The third kappa shape index (κ3) is 2.43. The Morgan fingerprint density at radius 2 is 2.00 bits per heavy atom. The largest absolute Gasteiger partial charge is 0.223 e. The Hall–Kier alpha value is -1.52. The maximum absolute atomic E-state index is 12.3. The lowest BCUT2D eigenvalue weighted by molar-refractivity contribution is 0.579. The lowest BCUT2D eigenvalue weighted by Crippen LogP contribution is -2.17. The van der Waals surface area contributed by atoms with Gasteiger partial charge in [-0.15, -0.1) is 0 Å². The van der Waals surface area contributed by atoms with E-state index in [1.165, 1.54) is 6.07 Å². The van der Waals surface area contributed by atoms with Crippen LogP contribution in [0.15, 0.2) is 34.3 Å². The molecule has 0 N–H and O–H groups in total. The number of azide groups is 1. The minimum atomic E-state index is -3.26. The van der Waals surface area contributed by atoms with Crippen LogP contribution in [-0.2, 0) is 9.84 Å². The van der Waals surface area contributed by atoms with E-state index < -0.39 is 9.84 Å². The average molecular weight is 251 g/mol. The highest BCUT2D eigenvalue weighted by molar-refractivity contribution is 7.92. The lowest BCUT2D eigenvalue weighted by Gasteiger charge is -2.11. The zero-order valence-electron chi connectivity index (χ0n) is 9.28. The molecule has 90 valence electrons. The van der Waals surface area contributed by atoms with Crippen molar-refractivity contribution in [3.8, 4) is 0 Å². The van der Waals surface area contributed by atoms with Crippen molar-refractivity contribution in [3.63, 3.8) is 0 Å². The third-order valence-electron chi connectivity index (χ3n) is 3.05. The molecule has 2 rings (SSSR count). The average Bonchev–Trinajstić information content (AvgIpc) is 2.84. The second-order valence-corrected chi connectivity index (χ2v) is 6.37. The number of sulfone groups is 1. The summed E-state index contributed by atoms with van der Waals surface area (Å²) in [7, 11) is -3.26. The molecular weight excluding hydrogens is 238 g/mol. The van der Waals surface area contributed by atoms with Crippen LogP contribution in [0.4, 0.5) is 5.69 Å². The van der Waals surface area contributed by atoms with Crippen molar-refractivity contribution in [3.05, 3.63) is 34.7 Å². The van der Waals surface area contributed by atoms with Crippen LogP contribution in [0.25, 0.3) is 10.4 Å². The summed E-state index contributed by atoms with van der Waals surface area (Å²) in [6, 6.07) is 6.19. The van der Waals surface area contributed by atoms with Gasteiger partial charge in [-0.2, -0.15) is 0 Å². The highest BCUT2D eigenvalue weighted by atomic mass is 32.2. The molecule has 0 bridgehead atoms. The summed E-state index contributed by atoms with van der Waals surface area (Å²) in [5.74, 6) is 0. The van der Waals surface area contributed by atoms with Crippen LogP contribution in [-0.4, -0.2) is 13.7 Å². The molecule has 0 atom stereocenters. The third-order valence-corrected chi connectivity index (χ3v) is 5.31. The molecule has 1 aromatic rings. The summed E-state index contributed by atoms with van der Waals surface area (Å²) in [5, 5.41) is 3.15. The van der Waals surface area contributed by atoms with E-state index >= 15 is 0 Å². The molecule has 0 amide bonds. The summed E-state index contributed by atoms with van der Waals surface area (Å²) < 4.78 is 24.5. The Balaban J connectivity index is 2.38. The van der Waals surface area contributed by atoms with Gasteiger partial charge in [0.15, 0.2) is 9.84 Å². The molecule has 0 radical (unpaired) electrons. The molecule has 1 aromatic carbocycles. The Kier molecular flexibility index (Phi) is 3.36. The van der Waals surface area contributed by atoms with Gasteiger partial charge < -0.3 is 0 Å². The Morgan fingerprint density at radius 3 is 2.65 bits per heavy atom. The zero-order chi connectivity index (χ0) is 12.3. The normalized spacial score (nSPS) is 16.7. The number of rotatable bonds is 3. The van der Waals surface area contributed by atoms with E-state index in [2.05, 4.69) is 10.0 Å². The standard InChI is InChI=1S/C11H13N3O2S/c12-14-13-9-4-3-7-11(8-9)17(15,16)10-5-1-2-6-10/h3-4,7-8,10H,1-2,5-6H2. The first-order chi connectivity index (χ1) is 8.14. The summed E-state index contributed by atoms with van der Waals surface area (Å²) in [5.41, 5.74) is 8.67. The van der Waals surface area contributed by atoms with Gasteiger partial charge in [-0.1, -0.05) is 30.1 Å². The first-order valence-corrected chi connectivity index (χ1v) is 7.08. The SMILES string of the molecule is [N-]=[N+]=Nc1cccc(S(=O)(=O)C2CCCC2)c1. The molecule has 0 spiro atoms. The van der Waals surface area contributed by atoms with Crippen LogP contribution < -0.4 is 0 Å². The van der Waals surface area contributed by atoms with Crippen LogP contribution >= 0.6 is 0 Å². The van der Waals surface area contributed by atoms with Gasteiger partial charge in [-0.3, -0.25) is 0 Å². The summed E-state index contributed by atoms with van der Waals surface area (Å²) >= 11 is 0. The molecule has 0 heterocycles. The first-order valence-electron chi connectivity index (χ1n) is 5.53. The van der Waals surface area contributed by atoms with Crippen molar-refractivity contribution in [1.29, 1.82) is 0 Å². The molecule has 1 saturated carbocycles. The van der Waals surface area contributed by atoms with Gasteiger partial charge in [0.25, 0.3) is 0 Å². The van der Waals surface area contributed by atoms with E-state index in [1.54, 1.807) is 18.2 Å². The lowest BCUT2D eigenvalue weighted by atomic mass is 10.3. The summed E-state index contributed by atoms with van der Waals surface area (Å²) in [6.07, 6.45) is 3.40. The molecule has 0 unspecified atom stereocenters. The molecule has 1 aliphatic rings. The van der Waals surface area contributed by atoms with Gasteiger partial charge in [0.05, 0.1) is 10.1 Å². The minimum absolute atomic E-state index is 0.259. The van der Waals surface area contributed by atoms with Crippen molar-refractivity contribution in [2.24, 2.45) is 5.11 Å². The zero-order valence-corrected chi connectivity index (χ0v) is 10.1. The van der Waals surface area contributed by atoms with Crippen LogP contribution in [0.3, 0.4) is 0 Å². The quantitative estimate of drug-likeness (QED) is 0.469. The van der Waals surface area contributed by atoms with Gasteiger partial charge in [0.2, 0.25) is 0 Å². The van der Waals surface area contributed by atoms with E-state index in [9.17, 15) is 8.42 Å². The van der Waals surface area contributed by atoms with Crippen molar-refractivity contribution in [2.75, 3.05) is 0 Å². The van der Waals surface area contributed by atoms with Gasteiger partial charge in [-0.05, 0) is 30.5 Å². The molecule has 6 heteroatoms. The fraction of sp³-hybridized carbons (Fsp3) is 0.455. The van der Waals surface area contributed by atoms with E-state index in [4.69, 9.17) is 5.53 Å². The fourth-order valence-electron chi connectivity index (χ4n) is 2.17. The van der Waals surface area contributed by atoms with Crippen LogP contribution in [0, 0.1) is 0 Å². The van der Waals surface area contributed by atoms with Crippen LogP contribution in [0.2, 0.25) is 0 Å². The van der Waals surface area contributed by atoms with E-state index in [1.807, 2.05) is 0 Å². The van der Waals surface area contributed by atoms with Gasteiger partial charge >= 0.3 is 0 Å². The smallest absolute Gasteiger partial charge is 0.181 e. The minimum Gasteiger partial charge on any atom is -0.223 e. The van der Waals surface area contributed by atoms with Crippen molar-refractivity contribution in [1.82, 2.24) is 0 Å². The van der Waals surface area contributed by atoms with Crippen LogP contribution in [0.1, 0.15) is 25.7 Å². The molecule has 17 heavy (non-hydrogen) atoms. The van der Waals surface area contributed by atoms with Gasteiger partial charge in [-0.25, -0.2) is 8.42 Å². The monoisotopic (exact) mass is 251 g/mol. The van der Waals surface area contributed by atoms with Crippen molar-refractivity contribution < 1.29 is 8.42 Å². The number of hydrogen-bond acceptors (Lipinski definition) is 3. The first kappa shape index (κ1) is 12.0. The molecule has 1 fully saturated rings. The highest BCUT2D eigenvalue weighted by Crippen LogP contribution is 2.30. The molecule has 1 aliphatic carbocycles. The van der Waals surface area contributed by atoms with Crippen molar-refractivity contribution >= 4 is 15.5 Å². The number of nitrogens with zero attached hydrogens (tertiary/aromatic N) is 3.